The van der Waals surface area contributed by atoms with Crippen LogP contribution in [0.15, 0.2) is 60.7 Å². The molecule has 0 amide bonds. The average Bonchev–Trinajstić information content (AvgIpc) is 2.55. The van der Waals surface area contributed by atoms with E-state index in [1.54, 1.807) is 0 Å². The summed E-state index contributed by atoms with van der Waals surface area (Å²) in [5.41, 5.74) is 2.55. The van der Waals surface area contributed by atoms with Gasteiger partial charge in [-0.1, -0.05) is 67.6 Å². The van der Waals surface area contributed by atoms with Crippen LogP contribution in [-0.4, -0.2) is 30.1 Å². The van der Waals surface area contributed by atoms with Gasteiger partial charge in [0, 0.05) is 19.5 Å². The Morgan fingerprint density at radius 2 is 1.57 bits per heavy atom. The normalized spacial score (nSPS) is 15.4. The van der Waals surface area contributed by atoms with E-state index in [4.69, 9.17) is 4.74 Å². The summed E-state index contributed by atoms with van der Waals surface area (Å²) in [5, 5.41) is 0. The van der Waals surface area contributed by atoms with Crippen LogP contribution in [0.5, 0.6) is 0 Å². The van der Waals surface area contributed by atoms with Crippen molar-refractivity contribution in [2.45, 2.75) is 31.9 Å². The van der Waals surface area contributed by atoms with Crippen molar-refractivity contribution >= 4 is 5.97 Å². The minimum absolute atomic E-state index is 0.0315. The molecular weight excluding hydrogens is 286 g/mol. The predicted molar refractivity (Wildman–Crippen MR) is 91.1 cm³/mol. The summed E-state index contributed by atoms with van der Waals surface area (Å²) in [4.78, 5) is 14.0. The third-order valence-electron chi connectivity index (χ3n) is 4.22. The Labute approximate surface area is 137 Å². The maximum Gasteiger partial charge on any atom is 0.306 e. The fraction of sp³-hybridized carbons (Fsp3) is 0.350. The minimum Gasteiger partial charge on any atom is -0.460 e. The molecule has 2 aromatic rings. The fourth-order valence-electron chi connectivity index (χ4n) is 3.09. The summed E-state index contributed by atoms with van der Waals surface area (Å²) in [6.07, 6.45) is 1.38. The van der Waals surface area contributed by atoms with Crippen LogP contribution in [0.2, 0.25) is 0 Å². The van der Waals surface area contributed by atoms with Gasteiger partial charge in [0.1, 0.15) is 6.10 Å². The van der Waals surface area contributed by atoms with Crippen molar-refractivity contribution in [3.05, 3.63) is 71.8 Å². The molecule has 3 heteroatoms. The van der Waals surface area contributed by atoms with Crippen molar-refractivity contribution < 1.29 is 9.53 Å². The van der Waals surface area contributed by atoms with E-state index in [0.717, 1.165) is 19.5 Å². The molecule has 0 spiro atoms. The monoisotopic (exact) mass is 309 g/mol. The molecule has 3 rings (SSSR count). The van der Waals surface area contributed by atoms with E-state index >= 15 is 0 Å². The molecule has 1 fully saturated rings. The Kier molecular flexibility index (Phi) is 5.09. The number of ether oxygens (including phenoxy) is 1. The van der Waals surface area contributed by atoms with Gasteiger partial charge in [-0.3, -0.25) is 9.69 Å². The van der Waals surface area contributed by atoms with Crippen molar-refractivity contribution in [2.75, 3.05) is 13.1 Å². The molecule has 2 aromatic carbocycles. The first-order chi connectivity index (χ1) is 11.3. The average molecular weight is 309 g/mol. The van der Waals surface area contributed by atoms with Crippen molar-refractivity contribution in [2.24, 2.45) is 0 Å². The maximum absolute atomic E-state index is 11.6. The highest BCUT2D eigenvalue weighted by Gasteiger charge is 2.36. The molecule has 0 aliphatic carbocycles. The Morgan fingerprint density at radius 1 is 1.04 bits per heavy atom. The standard InChI is InChI=1S/C20H23NO2/c1-2-9-19(22)23-18-14-21(15-18)20(16-10-5-3-6-11-16)17-12-7-4-8-13-17/h3-8,10-13,18,20H,2,9,14-15H2,1H3. The predicted octanol–water partition coefficient (Wildman–Crippen LogP) is 3.80. The Bertz CT molecular complexity index is 581. The van der Waals surface area contributed by atoms with Crippen LogP contribution >= 0.6 is 0 Å². The number of hydrogen-bond donors (Lipinski definition) is 0. The second-order valence-electron chi connectivity index (χ2n) is 6.04. The van der Waals surface area contributed by atoms with Gasteiger partial charge in [0.05, 0.1) is 6.04 Å². The molecule has 3 nitrogen and oxygen atoms in total. The molecule has 1 heterocycles. The first-order valence-corrected chi connectivity index (χ1v) is 8.31. The zero-order chi connectivity index (χ0) is 16.1. The number of benzene rings is 2. The molecule has 1 saturated heterocycles. The summed E-state index contributed by atoms with van der Waals surface area (Å²) >= 11 is 0. The zero-order valence-corrected chi connectivity index (χ0v) is 13.5. The molecule has 1 aliphatic rings. The Morgan fingerprint density at radius 3 is 2.04 bits per heavy atom. The van der Waals surface area contributed by atoms with Gasteiger partial charge in [-0.25, -0.2) is 0 Å². The number of rotatable bonds is 6. The van der Waals surface area contributed by atoms with E-state index in [0.29, 0.717) is 6.42 Å². The van der Waals surface area contributed by atoms with Crippen LogP contribution in [-0.2, 0) is 9.53 Å². The van der Waals surface area contributed by atoms with E-state index in [2.05, 4.69) is 53.4 Å². The topological polar surface area (TPSA) is 29.5 Å². The van der Waals surface area contributed by atoms with Gasteiger partial charge in [0.15, 0.2) is 0 Å². The third-order valence-corrected chi connectivity index (χ3v) is 4.22. The van der Waals surface area contributed by atoms with Gasteiger partial charge in [0.2, 0.25) is 0 Å². The van der Waals surface area contributed by atoms with Crippen molar-refractivity contribution in [3.8, 4) is 0 Å². The first-order valence-electron chi connectivity index (χ1n) is 8.31. The lowest BCUT2D eigenvalue weighted by molar-refractivity contribution is -0.158. The summed E-state index contributed by atoms with van der Waals surface area (Å²) in [6, 6.07) is 21.2. The highest BCUT2D eigenvalue weighted by atomic mass is 16.5. The quantitative estimate of drug-likeness (QED) is 0.760. The van der Waals surface area contributed by atoms with Gasteiger partial charge in [-0.05, 0) is 17.5 Å². The van der Waals surface area contributed by atoms with E-state index in [9.17, 15) is 4.79 Å². The van der Waals surface area contributed by atoms with Gasteiger partial charge < -0.3 is 4.74 Å². The molecule has 0 bridgehead atoms. The van der Waals surface area contributed by atoms with Crippen molar-refractivity contribution in [3.63, 3.8) is 0 Å². The number of carbonyl (C=O) groups excluding carboxylic acids is 1. The molecule has 0 atom stereocenters. The molecule has 120 valence electrons. The molecule has 23 heavy (non-hydrogen) atoms. The summed E-state index contributed by atoms with van der Waals surface area (Å²) in [6.45, 7) is 3.59. The van der Waals surface area contributed by atoms with Crippen LogP contribution < -0.4 is 0 Å². The largest absolute Gasteiger partial charge is 0.460 e. The second kappa shape index (κ2) is 7.42. The van der Waals surface area contributed by atoms with Crippen LogP contribution in [0.25, 0.3) is 0 Å². The highest BCUT2D eigenvalue weighted by Crippen LogP contribution is 2.33. The Balaban J connectivity index is 1.71. The van der Waals surface area contributed by atoms with Crippen LogP contribution in [0.3, 0.4) is 0 Å². The van der Waals surface area contributed by atoms with Gasteiger partial charge >= 0.3 is 5.97 Å². The highest BCUT2D eigenvalue weighted by molar-refractivity contribution is 5.69. The first kappa shape index (κ1) is 15.8. The van der Waals surface area contributed by atoms with E-state index in [1.165, 1.54) is 11.1 Å². The number of carbonyl (C=O) groups is 1. The van der Waals surface area contributed by atoms with Crippen LogP contribution in [0.1, 0.15) is 36.9 Å². The summed E-state index contributed by atoms with van der Waals surface area (Å²) in [7, 11) is 0. The van der Waals surface area contributed by atoms with Gasteiger partial charge in [-0.2, -0.15) is 0 Å². The van der Waals surface area contributed by atoms with E-state index in [-0.39, 0.29) is 18.1 Å². The minimum atomic E-state index is -0.0758. The molecular formula is C20H23NO2. The van der Waals surface area contributed by atoms with Crippen LogP contribution in [0, 0.1) is 0 Å². The maximum atomic E-state index is 11.6. The molecule has 0 aromatic heterocycles. The lowest BCUT2D eigenvalue weighted by Gasteiger charge is -2.44. The van der Waals surface area contributed by atoms with Crippen LogP contribution in [0.4, 0.5) is 0 Å². The number of nitrogens with zero attached hydrogens (tertiary/aromatic N) is 1. The fourth-order valence-corrected chi connectivity index (χ4v) is 3.09. The molecule has 1 aliphatic heterocycles. The number of esters is 1. The molecule has 0 N–H and O–H groups in total. The van der Waals surface area contributed by atoms with E-state index in [1.807, 2.05) is 19.1 Å². The molecule has 0 unspecified atom stereocenters. The van der Waals surface area contributed by atoms with Gasteiger partial charge in [-0.15, -0.1) is 0 Å². The smallest absolute Gasteiger partial charge is 0.306 e. The second-order valence-corrected chi connectivity index (χ2v) is 6.04. The van der Waals surface area contributed by atoms with Crippen molar-refractivity contribution in [1.82, 2.24) is 4.90 Å². The van der Waals surface area contributed by atoms with Crippen molar-refractivity contribution in [1.29, 1.82) is 0 Å². The summed E-state index contributed by atoms with van der Waals surface area (Å²) in [5.74, 6) is -0.0758. The Hall–Kier alpha value is -2.13. The lowest BCUT2D eigenvalue weighted by atomic mass is 9.94. The zero-order valence-electron chi connectivity index (χ0n) is 13.5. The van der Waals surface area contributed by atoms with Gasteiger partial charge in [0.25, 0.3) is 0 Å². The summed E-state index contributed by atoms with van der Waals surface area (Å²) < 4.78 is 5.50. The lowest BCUT2D eigenvalue weighted by Crippen LogP contribution is -2.54. The SMILES string of the molecule is CCCC(=O)OC1CN(C(c2ccccc2)c2ccccc2)C1. The molecule has 0 saturated carbocycles. The number of likely N-dealkylation sites (tertiary alicyclic amines) is 1. The van der Waals surface area contributed by atoms with E-state index < -0.39 is 0 Å². The molecule has 0 radical (unpaired) electrons. The third kappa shape index (κ3) is 3.80. The number of hydrogen-bond acceptors (Lipinski definition) is 3.